The number of phenols is 1. The molecule has 0 fully saturated rings. The van der Waals surface area contributed by atoms with Crippen LogP contribution < -0.4 is 15.8 Å². The number of hydrogen-bond donors (Lipinski definition) is 3. The van der Waals surface area contributed by atoms with E-state index in [-0.39, 0.29) is 24.0 Å². The summed E-state index contributed by atoms with van der Waals surface area (Å²) < 4.78 is 4.94. The van der Waals surface area contributed by atoms with Crippen LogP contribution in [0.4, 0.5) is 5.69 Å². The smallest absolute Gasteiger partial charge is 0.217 e. The monoisotopic (exact) mass is 281 g/mol. The molecule has 0 aliphatic rings. The van der Waals surface area contributed by atoms with Gasteiger partial charge in [-0.1, -0.05) is 19.1 Å². The van der Waals surface area contributed by atoms with E-state index in [0.29, 0.717) is 16.4 Å². The summed E-state index contributed by atoms with van der Waals surface area (Å²) in [5.41, 5.74) is 5.75. The molecule has 5 nitrogen and oxygen atoms in total. The zero-order chi connectivity index (χ0) is 14.4. The van der Waals surface area contributed by atoms with Gasteiger partial charge in [-0.15, -0.1) is 0 Å². The van der Waals surface area contributed by atoms with E-state index in [2.05, 4.69) is 5.32 Å². The predicted octanol–water partition coefficient (Wildman–Crippen LogP) is 1.86. The molecule has 1 rings (SSSR count). The average Bonchev–Trinajstić information content (AvgIpc) is 2.27. The highest BCUT2D eigenvalue weighted by Crippen LogP contribution is 2.28. The SMILES string of the molecule is COc1ccc(NC(=S)[CH][C@H](C)CC(N)=O)cc1O. The summed E-state index contributed by atoms with van der Waals surface area (Å²) >= 11 is 5.14. The van der Waals surface area contributed by atoms with Gasteiger partial charge in [0, 0.05) is 24.6 Å². The number of nitrogens with two attached hydrogens (primary N) is 1. The molecule has 19 heavy (non-hydrogen) atoms. The van der Waals surface area contributed by atoms with Gasteiger partial charge in [0.15, 0.2) is 11.5 Å². The number of aromatic hydroxyl groups is 1. The minimum Gasteiger partial charge on any atom is -0.504 e. The standard InChI is InChI=1S/C13H17N2O3S/c1-8(5-12(14)17)6-13(19)15-9-3-4-11(18-2)10(16)7-9/h3-4,6-8,16H,5H2,1-2H3,(H2,14,17)(H,15,19)/t8-/m1/s1. The quantitative estimate of drug-likeness (QED) is 0.693. The van der Waals surface area contributed by atoms with Gasteiger partial charge < -0.3 is 20.9 Å². The fraction of sp³-hybridized carbons (Fsp3) is 0.308. The molecule has 0 unspecified atom stereocenters. The molecular weight excluding hydrogens is 264 g/mol. The first-order chi connectivity index (χ1) is 8.92. The Morgan fingerprint density at radius 2 is 2.32 bits per heavy atom. The molecule has 103 valence electrons. The van der Waals surface area contributed by atoms with Crippen LogP contribution in [0.1, 0.15) is 13.3 Å². The predicted molar refractivity (Wildman–Crippen MR) is 78.2 cm³/mol. The summed E-state index contributed by atoms with van der Waals surface area (Å²) in [6, 6.07) is 4.88. The largest absolute Gasteiger partial charge is 0.504 e. The van der Waals surface area contributed by atoms with E-state index in [0.717, 1.165) is 0 Å². The maximum absolute atomic E-state index is 10.8. The van der Waals surface area contributed by atoms with Crippen LogP contribution in [0.5, 0.6) is 11.5 Å². The second-order valence-corrected chi connectivity index (χ2v) is 4.63. The van der Waals surface area contributed by atoms with E-state index < -0.39 is 0 Å². The molecule has 0 heterocycles. The van der Waals surface area contributed by atoms with Gasteiger partial charge >= 0.3 is 0 Å². The summed E-state index contributed by atoms with van der Waals surface area (Å²) in [4.78, 5) is 11.2. The van der Waals surface area contributed by atoms with Gasteiger partial charge in [0.05, 0.1) is 12.1 Å². The Balaban J connectivity index is 2.57. The molecule has 1 amide bonds. The highest BCUT2D eigenvalue weighted by Gasteiger charge is 2.10. The molecule has 1 radical (unpaired) electrons. The fourth-order valence-corrected chi connectivity index (χ4v) is 1.94. The molecule has 1 aromatic carbocycles. The van der Waals surface area contributed by atoms with Crippen molar-refractivity contribution in [3.05, 3.63) is 24.6 Å². The zero-order valence-electron chi connectivity index (χ0n) is 10.8. The number of primary amides is 1. The Bertz CT molecular complexity index is 477. The van der Waals surface area contributed by atoms with E-state index in [9.17, 15) is 9.90 Å². The fourth-order valence-electron chi connectivity index (χ4n) is 1.59. The summed E-state index contributed by atoms with van der Waals surface area (Å²) in [5, 5.41) is 12.6. The number of carbonyl (C=O) groups excluding carboxylic acids is 1. The molecule has 1 aromatic rings. The number of phenolic OH excluding ortho intramolecular Hbond substituents is 1. The first-order valence-corrected chi connectivity index (χ1v) is 6.14. The van der Waals surface area contributed by atoms with E-state index in [1.165, 1.54) is 13.2 Å². The van der Waals surface area contributed by atoms with E-state index in [1.807, 2.05) is 6.92 Å². The second kappa shape index (κ2) is 6.94. The zero-order valence-corrected chi connectivity index (χ0v) is 11.7. The molecule has 4 N–H and O–H groups in total. The highest BCUT2D eigenvalue weighted by molar-refractivity contribution is 7.80. The van der Waals surface area contributed by atoms with Gasteiger partial charge in [-0.3, -0.25) is 4.79 Å². The van der Waals surface area contributed by atoms with Crippen LogP contribution >= 0.6 is 12.2 Å². The lowest BCUT2D eigenvalue weighted by molar-refractivity contribution is -0.118. The minimum absolute atomic E-state index is 0.0282. The number of amides is 1. The summed E-state index contributed by atoms with van der Waals surface area (Å²) in [6.07, 6.45) is 1.98. The van der Waals surface area contributed by atoms with Crippen molar-refractivity contribution in [1.82, 2.24) is 0 Å². The average molecular weight is 281 g/mol. The highest BCUT2D eigenvalue weighted by atomic mass is 32.1. The number of ether oxygens (including phenoxy) is 1. The Morgan fingerprint density at radius 3 is 2.84 bits per heavy atom. The van der Waals surface area contributed by atoms with Gasteiger partial charge in [-0.25, -0.2) is 0 Å². The normalized spacial score (nSPS) is 11.7. The third kappa shape index (κ3) is 5.13. The summed E-state index contributed by atoms with van der Waals surface area (Å²) in [6.45, 7) is 1.85. The van der Waals surface area contributed by atoms with Crippen molar-refractivity contribution in [1.29, 1.82) is 0 Å². The van der Waals surface area contributed by atoms with Crippen molar-refractivity contribution in [3.8, 4) is 11.5 Å². The molecule has 0 aliphatic heterocycles. The molecule has 0 aromatic heterocycles. The Labute approximate surface area is 117 Å². The van der Waals surface area contributed by atoms with Crippen molar-refractivity contribution in [2.24, 2.45) is 11.7 Å². The molecule has 0 spiro atoms. The molecular formula is C13H17N2O3S. The number of benzene rings is 1. The Hall–Kier alpha value is -1.82. The topological polar surface area (TPSA) is 84.6 Å². The third-order valence-electron chi connectivity index (χ3n) is 2.41. The van der Waals surface area contributed by atoms with Gasteiger partial charge in [-0.2, -0.15) is 0 Å². The number of hydrogen-bond acceptors (Lipinski definition) is 4. The summed E-state index contributed by atoms with van der Waals surface area (Å²) in [5.74, 6) is 0.0148. The number of thiocarbonyl (C=S) groups is 1. The van der Waals surface area contributed by atoms with Crippen LogP contribution in [0.15, 0.2) is 18.2 Å². The van der Waals surface area contributed by atoms with Crippen LogP contribution in [0.2, 0.25) is 0 Å². The minimum atomic E-state index is -0.367. The number of carbonyl (C=O) groups is 1. The van der Waals surface area contributed by atoms with E-state index >= 15 is 0 Å². The van der Waals surface area contributed by atoms with Gasteiger partial charge in [0.25, 0.3) is 0 Å². The summed E-state index contributed by atoms with van der Waals surface area (Å²) in [7, 11) is 1.48. The van der Waals surface area contributed by atoms with Crippen LogP contribution in [-0.4, -0.2) is 23.1 Å². The van der Waals surface area contributed by atoms with Crippen molar-refractivity contribution in [2.75, 3.05) is 12.4 Å². The third-order valence-corrected chi connectivity index (χ3v) is 2.64. The number of rotatable bonds is 6. The van der Waals surface area contributed by atoms with Crippen molar-refractivity contribution < 1.29 is 14.6 Å². The van der Waals surface area contributed by atoms with Gasteiger partial charge in [0.1, 0.15) is 0 Å². The maximum Gasteiger partial charge on any atom is 0.217 e. The second-order valence-electron chi connectivity index (χ2n) is 4.19. The van der Waals surface area contributed by atoms with Crippen molar-refractivity contribution in [2.45, 2.75) is 13.3 Å². The van der Waals surface area contributed by atoms with E-state index in [4.69, 9.17) is 22.7 Å². The van der Waals surface area contributed by atoms with Crippen LogP contribution in [0, 0.1) is 12.3 Å². The number of anilines is 1. The molecule has 6 heteroatoms. The number of nitrogens with one attached hydrogen (secondary N) is 1. The molecule has 0 bridgehead atoms. The maximum atomic E-state index is 10.8. The van der Waals surface area contributed by atoms with Gasteiger partial charge in [-0.05, 0) is 18.1 Å². The first-order valence-electron chi connectivity index (χ1n) is 5.73. The van der Waals surface area contributed by atoms with Crippen LogP contribution in [0.3, 0.4) is 0 Å². The lowest BCUT2D eigenvalue weighted by Gasteiger charge is -2.12. The van der Waals surface area contributed by atoms with E-state index in [1.54, 1.807) is 18.6 Å². The number of methoxy groups -OCH3 is 1. The van der Waals surface area contributed by atoms with Gasteiger partial charge in [0.2, 0.25) is 5.91 Å². The van der Waals surface area contributed by atoms with Crippen LogP contribution in [0.25, 0.3) is 0 Å². The molecule has 0 saturated heterocycles. The van der Waals surface area contributed by atoms with Crippen LogP contribution in [-0.2, 0) is 4.79 Å². The lowest BCUT2D eigenvalue weighted by Crippen LogP contribution is -2.19. The molecule has 0 aliphatic carbocycles. The molecule has 0 saturated carbocycles. The molecule has 1 atom stereocenters. The van der Waals surface area contributed by atoms with Crippen molar-refractivity contribution in [3.63, 3.8) is 0 Å². The lowest BCUT2D eigenvalue weighted by atomic mass is 10.0. The Kier molecular flexibility index (Phi) is 5.57. The van der Waals surface area contributed by atoms with Crippen molar-refractivity contribution >= 4 is 28.8 Å². The Morgan fingerprint density at radius 1 is 1.63 bits per heavy atom. The first kappa shape index (κ1) is 15.2.